The third-order valence-electron chi connectivity index (χ3n) is 2.32. The van der Waals surface area contributed by atoms with Gasteiger partial charge in [0.25, 0.3) is 0 Å². The van der Waals surface area contributed by atoms with Gasteiger partial charge in [0.2, 0.25) is 0 Å². The molecule has 1 aromatic carbocycles. The molecule has 0 spiro atoms. The number of nitriles is 1. The van der Waals surface area contributed by atoms with Gasteiger partial charge < -0.3 is 4.74 Å². The Bertz CT molecular complexity index is 389. The van der Waals surface area contributed by atoms with Crippen molar-refractivity contribution in [2.75, 3.05) is 6.61 Å². The average Bonchev–Trinajstić information content (AvgIpc) is 2.32. The van der Waals surface area contributed by atoms with Gasteiger partial charge >= 0.3 is 0 Å². The highest BCUT2D eigenvalue weighted by molar-refractivity contribution is 5.88. The third kappa shape index (κ3) is 2.83. The molecule has 0 heterocycles. The molecular weight excluding hydrogens is 202 g/mol. The molecule has 1 aromatic rings. The van der Waals surface area contributed by atoms with E-state index in [0.29, 0.717) is 13.0 Å². The fourth-order valence-corrected chi connectivity index (χ4v) is 1.46. The molecule has 1 unspecified atom stereocenters. The molecule has 0 aliphatic carbocycles. The van der Waals surface area contributed by atoms with E-state index in [1.54, 1.807) is 31.2 Å². The smallest absolute Gasteiger partial charge is 0.154 e. The lowest BCUT2D eigenvalue weighted by atomic mass is 9.95. The second-order valence-corrected chi connectivity index (χ2v) is 3.38. The molecule has 16 heavy (non-hydrogen) atoms. The maximum Gasteiger partial charge on any atom is 0.154 e. The predicted octanol–water partition coefficient (Wildman–Crippen LogP) is 2.67. The van der Waals surface area contributed by atoms with E-state index in [1.165, 1.54) is 0 Å². The summed E-state index contributed by atoms with van der Waals surface area (Å²) in [6.07, 6.45) is 0.380. The van der Waals surface area contributed by atoms with Crippen LogP contribution in [0, 0.1) is 11.3 Å². The van der Waals surface area contributed by atoms with Crippen LogP contribution in [0.15, 0.2) is 24.3 Å². The lowest BCUT2D eigenvalue weighted by Gasteiger charge is -2.08. The Morgan fingerprint density at radius 2 is 2.00 bits per heavy atom. The van der Waals surface area contributed by atoms with Crippen molar-refractivity contribution in [1.29, 1.82) is 5.26 Å². The van der Waals surface area contributed by atoms with Gasteiger partial charge in [0, 0.05) is 6.42 Å². The molecule has 3 heteroatoms. The van der Waals surface area contributed by atoms with E-state index in [0.717, 1.165) is 11.3 Å². The number of carbonyl (C=O) groups excluding carboxylic acids is 1. The van der Waals surface area contributed by atoms with Gasteiger partial charge in [-0.1, -0.05) is 19.1 Å². The van der Waals surface area contributed by atoms with Gasteiger partial charge in [-0.2, -0.15) is 5.26 Å². The quantitative estimate of drug-likeness (QED) is 0.761. The molecule has 1 rings (SSSR count). The Morgan fingerprint density at radius 3 is 2.44 bits per heavy atom. The molecule has 0 aliphatic heterocycles. The monoisotopic (exact) mass is 217 g/mol. The summed E-state index contributed by atoms with van der Waals surface area (Å²) in [6.45, 7) is 4.28. The summed E-state index contributed by atoms with van der Waals surface area (Å²) >= 11 is 0. The number of ether oxygens (including phenoxy) is 1. The standard InChI is InChI=1S/C13H15NO2/c1-3-13(15)12(9-14)10-5-7-11(8-6-10)16-4-2/h5-8,12H,3-4H2,1-2H3. The predicted molar refractivity (Wildman–Crippen MR) is 61.3 cm³/mol. The number of rotatable bonds is 5. The zero-order chi connectivity index (χ0) is 12.0. The summed E-state index contributed by atoms with van der Waals surface area (Å²) in [5.74, 6) is 0.0548. The van der Waals surface area contributed by atoms with E-state index in [9.17, 15) is 4.79 Å². The van der Waals surface area contributed by atoms with Crippen molar-refractivity contribution < 1.29 is 9.53 Å². The van der Waals surface area contributed by atoms with Gasteiger partial charge in [-0.3, -0.25) is 4.79 Å². The number of nitrogens with zero attached hydrogens (tertiary/aromatic N) is 1. The van der Waals surface area contributed by atoms with Crippen LogP contribution in [0.25, 0.3) is 0 Å². The lowest BCUT2D eigenvalue weighted by molar-refractivity contribution is -0.119. The van der Waals surface area contributed by atoms with Crippen LogP contribution in [-0.4, -0.2) is 12.4 Å². The van der Waals surface area contributed by atoms with Crippen molar-refractivity contribution in [1.82, 2.24) is 0 Å². The largest absolute Gasteiger partial charge is 0.494 e. The zero-order valence-corrected chi connectivity index (χ0v) is 9.56. The van der Waals surface area contributed by atoms with Crippen molar-refractivity contribution >= 4 is 5.78 Å². The summed E-state index contributed by atoms with van der Waals surface area (Å²) in [5.41, 5.74) is 0.734. The molecule has 0 bridgehead atoms. The zero-order valence-electron chi connectivity index (χ0n) is 9.56. The summed E-state index contributed by atoms with van der Waals surface area (Å²) in [5, 5.41) is 8.95. The second kappa shape index (κ2) is 5.92. The van der Waals surface area contributed by atoms with Crippen molar-refractivity contribution in [2.45, 2.75) is 26.2 Å². The van der Waals surface area contributed by atoms with E-state index >= 15 is 0 Å². The summed E-state index contributed by atoms with van der Waals surface area (Å²) < 4.78 is 5.29. The van der Waals surface area contributed by atoms with Gasteiger partial charge in [0.1, 0.15) is 11.7 Å². The normalized spacial score (nSPS) is 11.6. The van der Waals surface area contributed by atoms with Crippen LogP contribution in [0.1, 0.15) is 31.7 Å². The number of hydrogen-bond acceptors (Lipinski definition) is 3. The molecule has 1 atom stereocenters. The first-order valence-corrected chi connectivity index (χ1v) is 5.38. The Labute approximate surface area is 95.7 Å². The molecule has 0 amide bonds. The van der Waals surface area contributed by atoms with Crippen LogP contribution in [0.4, 0.5) is 0 Å². The minimum Gasteiger partial charge on any atom is -0.494 e. The molecule has 0 fully saturated rings. The molecule has 3 nitrogen and oxygen atoms in total. The first kappa shape index (κ1) is 12.3. The Morgan fingerprint density at radius 1 is 1.38 bits per heavy atom. The SMILES string of the molecule is CCOc1ccc(C(C#N)C(=O)CC)cc1. The number of hydrogen-bond donors (Lipinski definition) is 0. The Hall–Kier alpha value is -1.82. The van der Waals surface area contributed by atoms with Crippen molar-refractivity contribution in [3.05, 3.63) is 29.8 Å². The van der Waals surface area contributed by atoms with Crippen molar-refractivity contribution in [3.63, 3.8) is 0 Å². The van der Waals surface area contributed by atoms with Crippen LogP contribution in [0.3, 0.4) is 0 Å². The van der Waals surface area contributed by atoms with Crippen LogP contribution < -0.4 is 4.74 Å². The molecule has 84 valence electrons. The third-order valence-corrected chi connectivity index (χ3v) is 2.32. The molecule has 0 aromatic heterocycles. The number of Topliss-reactive ketones (excluding diaryl/α,β-unsaturated/α-hetero) is 1. The van der Waals surface area contributed by atoms with Gasteiger partial charge in [-0.15, -0.1) is 0 Å². The highest BCUT2D eigenvalue weighted by Crippen LogP contribution is 2.20. The molecule has 0 N–H and O–H groups in total. The van der Waals surface area contributed by atoms with Crippen molar-refractivity contribution in [2.24, 2.45) is 0 Å². The highest BCUT2D eigenvalue weighted by Gasteiger charge is 2.17. The maximum absolute atomic E-state index is 11.5. The summed E-state index contributed by atoms with van der Waals surface area (Å²) in [7, 11) is 0. The second-order valence-electron chi connectivity index (χ2n) is 3.38. The van der Waals surface area contributed by atoms with Gasteiger partial charge in [0.15, 0.2) is 5.78 Å². The van der Waals surface area contributed by atoms with Gasteiger partial charge in [-0.25, -0.2) is 0 Å². The van der Waals surface area contributed by atoms with E-state index in [1.807, 2.05) is 13.0 Å². The minimum absolute atomic E-state index is 0.0494. The lowest BCUT2D eigenvalue weighted by Crippen LogP contribution is -2.09. The fraction of sp³-hybridized carbons (Fsp3) is 0.385. The van der Waals surface area contributed by atoms with Crippen LogP contribution in [0.5, 0.6) is 5.75 Å². The fourth-order valence-electron chi connectivity index (χ4n) is 1.46. The first-order chi connectivity index (χ1) is 7.72. The molecule has 0 saturated heterocycles. The maximum atomic E-state index is 11.5. The average molecular weight is 217 g/mol. The van der Waals surface area contributed by atoms with Gasteiger partial charge in [-0.05, 0) is 24.6 Å². The van der Waals surface area contributed by atoms with Crippen LogP contribution in [0.2, 0.25) is 0 Å². The summed E-state index contributed by atoms with van der Waals surface area (Å²) in [6, 6.07) is 9.14. The first-order valence-electron chi connectivity index (χ1n) is 5.38. The number of carbonyl (C=O) groups is 1. The van der Waals surface area contributed by atoms with E-state index in [2.05, 4.69) is 0 Å². The highest BCUT2D eigenvalue weighted by atomic mass is 16.5. The minimum atomic E-state index is -0.652. The number of benzene rings is 1. The number of ketones is 1. The van der Waals surface area contributed by atoms with Crippen molar-refractivity contribution in [3.8, 4) is 11.8 Å². The Kier molecular flexibility index (Phi) is 4.53. The van der Waals surface area contributed by atoms with Crippen LogP contribution in [-0.2, 0) is 4.79 Å². The molecular formula is C13H15NO2. The molecule has 0 aliphatic rings. The molecule has 0 radical (unpaired) electrons. The van der Waals surface area contributed by atoms with E-state index < -0.39 is 5.92 Å². The topological polar surface area (TPSA) is 50.1 Å². The van der Waals surface area contributed by atoms with E-state index in [-0.39, 0.29) is 5.78 Å². The van der Waals surface area contributed by atoms with Crippen LogP contribution >= 0.6 is 0 Å². The Balaban J connectivity index is 2.87. The summed E-state index contributed by atoms with van der Waals surface area (Å²) in [4.78, 5) is 11.5. The van der Waals surface area contributed by atoms with Gasteiger partial charge in [0.05, 0.1) is 12.7 Å². The molecule has 0 saturated carbocycles. The van der Waals surface area contributed by atoms with E-state index in [4.69, 9.17) is 10.00 Å².